The quantitative estimate of drug-likeness (QED) is 0.626. The van der Waals surface area contributed by atoms with E-state index in [9.17, 15) is 4.79 Å². The second-order valence-corrected chi connectivity index (χ2v) is 4.23. The van der Waals surface area contributed by atoms with E-state index >= 15 is 0 Å². The Labute approximate surface area is 80.5 Å². The molecule has 0 saturated carbocycles. The van der Waals surface area contributed by atoms with Gasteiger partial charge in [0.25, 0.3) is 0 Å². The molecular weight excluding hydrogens is 166 g/mol. The summed E-state index contributed by atoms with van der Waals surface area (Å²) >= 11 is 0. The van der Waals surface area contributed by atoms with Crippen molar-refractivity contribution >= 4 is 5.91 Å². The number of carbonyl (C=O) groups excluding carboxylic acids is 1. The molecule has 0 saturated heterocycles. The third-order valence-electron chi connectivity index (χ3n) is 1.78. The maximum atomic E-state index is 11.2. The number of nitrogens with one attached hydrogen (secondary N) is 1. The molecule has 0 aromatic rings. The fourth-order valence-corrected chi connectivity index (χ4v) is 1.46. The zero-order valence-corrected chi connectivity index (χ0v) is 9.22. The lowest BCUT2D eigenvalue weighted by Gasteiger charge is -2.32. The van der Waals surface area contributed by atoms with Crippen molar-refractivity contribution in [3.8, 4) is 0 Å². The molecule has 1 unspecified atom stereocenters. The molecule has 0 aromatic carbocycles. The minimum atomic E-state index is -0.641. The van der Waals surface area contributed by atoms with Crippen LogP contribution >= 0.6 is 0 Å². The van der Waals surface area contributed by atoms with Gasteiger partial charge in [-0.3, -0.25) is 4.79 Å². The summed E-state index contributed by atoms with van der Waals surface area (Å²) in [6.07, 6.45) is 0. The molecule has 0 aliphatic rings. The molecule has 0 heterocycles. The number of carbonyl (C=O) groups is 1. The van der Waals surface area contributed by atoms with Gasteiger partial charge < -0.3 is 16.0 Å². The predicted octanol–water partition coefficient (Wildman–Crippen LogP) is -0.210. The van der Waals surface area contributed by atoms with Crippen LogP contribution in [-0.4, -0.2) is 43.0 Å². The number of primary amides is 1. The summed E-state index contributed by atoms with van der Waals surface area (Å²) in [5.41, 5.74) is 4.70. The third-order valence-corrected chi connectivity index (χ3v) is 1.78. The first-order valence-corrected chi connectivity index (χ1v) is 4.50. The van der Waals surface area contributed by atoms with Crippen molar-refractivity contribution in [1.29, 1.82) is 0 Å². The molecule has 4 heteroatoms. The van der Waals surface area contributed by atoms with Gasteiger partial charge in [-0.1, -0.05) is 0 Å². The van der Waals surface area contributed by atoms with Gasteiger partial charge in [0.2, 0.25) is 5.91 Å². The Morgan fingerprint density at radius 2 is 2.00 bits per heavy atom. The highest BCUT2D eigenvalue weighted by molar-refractivity contribution is 5.84. The van der Waals surface area contributed by atoms with Crippen LogP contribution in [0, 0.1) is 0 Å². The highest BCUT2D eigenvalue weighted by atomic mass is 16.1. The van der Waals surface area contributed by atoms with Crippen LogP contribution in [0.15, 0.2) is 0 Å². The van der Waals surface area contributed by atoms with Crippen LogP contribution in [0.2, 0.25) is 0 Å². The van der Waals surface area contributed by atoms with Crippen molar-refractivity contribution in [2.24, 2.45) is 5.73 Å². The highest BCUT2D eigenvalue weighted by Crippen LogP contribution is 2.05. The summed E-state index contributed by atoms with van der Waals surface area (Å²) < 4.78 is 0. The van der Waals surface area contributed by atoms with Crippen molar-refractivity contribution in [2.75, 3.05) is 20.6 Å². The summed E-state index contributed by atoms with van der Waals surface area (Å²) in [7, 11) is 3.84. The third kappa shape index (κ3) is 4.24. The van der Waals surface area contributed by atoms with Crippen LogP contribution in [0.4, 0.5) is 0 Å². The van der Waals surface area contributed by atoms with Gasteiger partial charge in [0.15, 0.2) is 0 Å². The van der Waals surface area contributed by atoms with E-state index in [0.29, 0.717) is 6.54 Å². The van der Waals surface area contributed by atoms with E-state index in [-0.39, 0.29) is 11.9 Å². The molecule has 13 heavy (non-hydrogen) atoms. The van der Waals surface area contributed by atoms with Crippen LogP contribution in [0.5, 0.6) is 0 Å². The number of rotatable bonds is 5. The van der Waals surface area contributed by atoms with Crippen molar-refractivity contribution in [2.45, 2.75) is 32.4 Å². The molecule has 0 fully saturated rings. The van der Waals surface area contributed by atoms with Crippen LogP contribution in [0.3, 0.4) is 0 Å². The zero-order chi connectivity index (χ0) is 10.6. The van der Waals surface area contributed by atoms with Crippen molar-refractivity contribution < 1.29 is 4.79 Å². The second kappa shape index (κ2) is 4.58. The fourth-order valence-electron chi connectivity index (χ4n) is 1.46. The lowest BCUT2D eigenvalue weighted by atomic mass is 10.00. The lowest BCUT2D eigenvalue weighted by molar-refractivity contribution is -0.124. The molecule has 0 aliphatic carbocycles. The highest BCUT2D eigenvalue weighted by Gasteiger charge is 2.31. The molecule has 0 spiro atoms. The van der Waals surface area contributed by atoms with E-state index in [2.05, 4.69) is 5.32 Å². The number of hydrogen-bond donors (Lipinski definition) is 2. The van der Waals surface area contributed by atoms with Crippen molar-refractivity contribution in [3.05, 3.63) is 0 Å². The van der Waals surface area contributed by atoms with Crippen LogP contribution < -0.4 is 11.1 Å². The van der Waals surface area contributed by atoms with Gasteiger partial charge in [-0.05, 0) is 34.9 Å². The van der Waals surface area contributed by atoms with E-state index in [0.717, 1.165) is 0 Å². The molecule has 0 aliphatic heterocycles. The minimum Gasteiger partial charge on any atom is -0.368 e. The number of amides is 1. The summed E-state index contributed by atoms with van der Waals surface area (Å²) in [6, 6.07) is 0.248. The van der Waals surface area contributed by atoms with E-state index in [1.165, 1.54) is 0 Å². The summed E-state index contributed by atoms with van der Waals surface area (Å²) in [5, 5.41) is 3.17. The molecule has 1 atom stereocenters. The average Bonchev–Trinajstić information content (AvgIpc) is 1.82. The molecule has 0 radical (unpaired) electrons. The Balaban J connectivity index is 4.43. The van der Waals surface area contributed by atoms with Gasteiger partial charge in [0.1, 0.15) is 5.54 Å². The normalized spacial score (nSPS) is 16.2. The van der Waals surface area contributed by atoms with Gasteiger partial charge in [-0.15, -0.1) is 0 Å². The summed E-state index contributed by atoms with van der Waals surface area (Å²) in [5.74, 6) is -0.310. The van der Waals surface area contributed by atoms with Crippen LogP contribution in [0.1, 0.15) is 20.8 Å². The Morgan fingerprint density at radius 3 is 2.23 bits per heavy atom. The van der Waals surface area contributed by atoms with Crippen molar-refractivity contribution in [3.63, 3.8) is 0 Å². The number of likely N-dealkylation sites (N-methyl/N-ethyl adjacent to an activating group) is 1. The molecule has 0 rings (SSSR count). The molecule has 1 amide bonds. The zero-order valence-electron chi connectivity index (χ0n) is 9.22. The molecule has 4 nitrogen and oxygen atoms in total. The van der Waals surface area contributed by atoms with Crippen molar-refractivity contribution in [1.82, 2.24) is 10.2 Å². The van der Waals surface area contributed by atoms with E-state index in [4.69, 9.17) is 5.73 Å². The fraction of sp³-hybridized carbons (Fsp3) is 0.889. The van der Waals surface area contributed by atoms with Gasteiger partial charge in [-0.25, -0.2) is 0 Å². The Hall–Kier alpha value is -0.610. The van der Waals surface area contributed by atoms with Gasteiger partial charge in [0, 0.05) is 12.6 Å². The Bertz CT molecular complexity index is 168. The molecule has 0 aromatic heterocycles. The first kappa shape index (κ1) is 12.4. The smallest absolute Gasteiger partial charge is 0.238 e. The predicted molar refractivity (Wildman–Crippen MR) is 54.4 cm³/mol. The molecule has 78 valence electrons. The first-order valence-electron chi connectivity index (χ1n) is 4.50. The lowest BCUT2D eigenvalue weighted by Crippen LogP contribution is -2.60. The first-order chi connectivity index (χ1) is 5.78. The monoisotopic (exact) mass is 187 g/mol. The van der Waals surface area contributed by atoms with Gasteiger partial charge in [-0.2, -0.15) is 0 Å². The minimum absolute atomic E-state index is 0.248. The van der Waals surface area contributed by atoms with Gasteiger partial charge >= 0.3 is 0 Å². The number of nitrogens with two attached hydrogens (primary N) is 1. The van der Waals surface area contributed by atoms with E-state index in [1.54, 1.807) is 0 Å². The van der Waals surface area contributed by atoms with Gasteiger partial charge in [0.05, 0.1) is 0 Å². The van der Waals surface area contributed by atoms with Crippen LogP contribution in [-0.2, 0) is 4.79 Å². The maximum absolute atomic E-state index is 11.2. The van der Waals surface area contributed by atoms with E-state index in [1.807, 2.05) is 39.8 Å². The van der Waals surface area contributed by atoms with E-state index < -0.39 is 5.54 Å². The number of nitrogens with zero attached hydrogens (tertiary/aromatic N) is 1. The SMILES string of the molecule is CC(C)NC(C)(CN(C)C)C(N)=O. The maximum Gasteiger partial charge on any atom is 0.238 e. The van der Waals surface area contributed by atoms with Crippen LogP contribution in [0.25, 0.3) is 0 Å². The Kier molecular flexibility index (Phi) is 4.36. The molecular formula is C9H21N3O. The summed E-state index contributed by atoms with van der Waals surface area (Å²) in [6.45, 7) is 6.43. The largest absolute Gasteiger partial charge is 0.368 e. The average molecular weight is 187 g/mol. The second-order valence-electron chi connectivity index (χ2n) is 4.23. The standard InChI is InChI=1S/C9H21N3O/c1-7(2)11-9(3,8(10)13)6-12(4)5/h7,11H,6H2,1-5H3,(H2,10,13). The molecule has 0 bridgehead atoms. The number of hydrogen-bond acceptors (Lipinski definition) is 3. The molecule has 3 N–H and O–H groups in total. The summed E-state index contributed by atoms with van der Waals surface area (Å²) in [4.78, 5) is 13.2. The topological polar surface area (TPSA) is 58.4 Å². The Morgan fingerprint density at radius 1 is 1.54 bits per heavy atom.